The van der Waals surface area contributed by atoms with Gasteiger partial charge < -0.3 is 0 Å². The molecule has 0 saturated heterocycles. The van der Waals surface area contributed by atoms with E-state index in [4.69, 9.17) is 0 Å². The van der Waals surface area contributed by atoms with Gasteiger partial charge in [-0.1, -0.05) is 6.07 Å². The quantitative estimate of drug-likeness (QED) is 0.774. The monoisotopic (exact) mass is 319 g/mol. The van der Waals surface area contributed by atoms with Crippen molar-refractivity contribution in [1.29, 1.82) is 0 Å². The SMILES string of the molecule is CSCCC(C)N(C)Cc1ccc(F)c(Br)c1. The normalized spacial score (nSPS) is 13.1. The van der Waals surface area contributed by atoms with Crippen LogP contribution < -0.4 is 0 Å². The Morgan fingerprint density at radius 2 is 2.18 bits per heavy atom. The summed E-state index contributed by atoms with van der Waals surface area (Å²) in [6, 6.07) is 5.76. The van der Waals surface area contributed by atoms with E-state index in [1.807, 2.05) is 23.9 Å². The van der Waals surface area contributed by atoms with Gasteiger partial charge in [0, 0.05) is 12.6 Å². The Labute approximate surface area is 116 Å². The first kappa shape index (κ1) is 15.0. The van der Waals surface area contributed by atoms with Crippen molar-refractivity contribution in [2.75, 3.05) is 19.1 Å². The van der Waals surface area contributed by atoms with Crippen molar-refractivity contribution in [2.24, 2.45) is 0 Å². The van der Waals surface area contributed by atoms with Crippen LogP contribution in [0.3, 0.4) is 0 Å². The molecule has 0 spiro atoms. The highest BCUT2D eigenvalue weighted by molar-refractivity contribution is 9.10. The van der Waals surface area contributed by atoms with E-state index in [-0.39, 0.29) is 5.82 Å². The van der Waals surface area contributed by atoms with E-state index in [0.717, 1.165) is 12.1 Å². The topological polar surface area (TPSA) is 3.24 Å². The molecule has 0 N–H and O–H groups in total. The Kier molecular flexibility index (Phi) is 6.52. The molecular weight excluding hydrogens is 301 g/mol. The smallest absolute Gasteiger partial charge is 0.137 e. The van der Waals surface area contributed by atoms with Crippen molar-refractivity contribution in [3.05, 3.63) is 34.1 Å². The molecule has 4 heteroatoms. The maximum absolute atomic E-state index is 13.1. The second kappa shape index (κ2) is 7.39. The van der Waals surface area contributed by atoms with Crippen LogP contribution in [0.2, 0.25) is 0 Å². The highest BCUT2D eigenvalue weighted by Gasteiger charge is 2.10. The highest BCUT2D eigenvalue weighted by Crippen LogP contribution is 2.18. The first-order chi connectivity index (χ1) is 8.04. The van der Waals surface area contributed by atoms with Crippen molar-refractivity contribution >= 4 is 27.7 Å². The molecule has 0 saturated carbocycles. The third kappa shape index (κ3) is 4.98. The lowest BCUT2D eigenvalue weighted by Gasteiger charge is -2.24. The molecule has 1 atom stereocenters. The first-order valence-corrected chi connectivity index (χ1v) is 7.86. The Morgan fingerprint density at radius 1 is 1.47 bits per heavy atom. The Balaban J connectivity index is 2.55. The third-order valence-electron chi connectivity index (χ3n) is 2.91. The summed E-state index contributed by atoms with van der Waals surface area (Å²) in [5.74, 6) is 0.977. The lowest BCUT2D eigenvalue weighted by molar-refractivity contribution is 0.245. The molecule has 0 heterocycles. The summed E-state index contributed by atoms with van der Waals surface area (Å²) in [6.07, 6.45) is 3.31. The van der Waals surface area contributed by atoms with Crippen LogP contribution in [0.15, 0.2) is 22.7 Å². The molecule has 96 valence electrons. The van der Waals surface area contributed by atoms with Crippen LogP contribution in [-0.4, -0.2) is 30.0 Å². The van der Waals surface area contributed by atoms with Gasteiger partial charge in [0.15, 0.2) is 0 Å². The Morgan fingerprint density at radius 3 is 2.76 bits per heavy atom. The second-order valence-electron chi connectivity index (χ2n) is 4.29. The number of halogens is 2. The average Bonchev–Trinajstić information content (AvgIpc) is 2.30. The highest BCUT2D eigenvalue weighted by atomic mass is 79.9. The molecule has 0 aliphatic carbocycles. The number of hydrogen-bond donors (Lipinski definition) is 0. The maximum Gasteiger partial charge on any atom is 0.137 e. The summed E-state index contributed by atoms with van der Waals surface area (Å²) >= 11 is 5.09. The van der Waals surface area contributed by atoms with Crippen LogP contribution in [0.1, 0.15) is 18.9 Å². The van der Waals surface area contributed by atoms with Crippen molar-refractivity contribution < 1.29 is 4.39 Å². The van der Waals surface area contributed by atoms with Gasteiger partial charge in [-0.2, -0.15) is 11.8 Å². The average molecular weight is 320 g/mol. The molecule has 0 radical (unpaired) electrons. The summed E-state index contributed by atoms with van der Waals surface area (Å²) in [6.45, 7) is 3.09. The number of rotatable bonds is 6. The van der Waals surface area contributed by atoms with E-state index >= 15 is 0 Å². The summed E-state index contributed by atoms with van der Waals surface area (Å²) in [4.78, 5) is 2.30. The Bertz CT molecular complexity index is 359. The fraction of sp³-hybridized carbons (Fsp3) is 0.538. The molecule has 1 aromatic carbocycles. The number of thioether (sulfide) groups is 1. The van der Waals surface area contributed by atoms with Crippen molar-refractivity contribution in [3.8, 4) is 0 Å². The third-order valence-corrected chi connectivity index (χ3v) is 4.16. The molecule has 0 aliphatic rings. The van der Waals surface area contributed by atoms with Crippen LogP contribution >= 0.6 is 27.7 Å². The molecule has 0 amide bonds. The standard InChI is InChI=1S/C13H19BrFNS/c1-10(6-7-17-3)16(2)9-11-4-5-13(15)12(14)8-11/h4-5,8,10H,6-7,9H2,1-3H3. The molecule has 1 nitrogen and oxygen atoms in total. The molecule has 0 aliphatic heterocycles. The zero-order chi connectivity index (χ0) is 12.8. The van der Waals surface area contributed by atoms with Crippen LogP contribution in [0.4, 0.5) is 4.39 Å². The van der Waals surface area contributed by atoms with Crippen LogP contribution in [0.25, 0.3) is 0 Å². The number of benzene rings is 1. The van der Waals surface area contributed by atoms with Gasteiger partial charge in [-0.15, -0.1) is 0 Å². The molecular formula is C13H19BrFNS. The maximum atomic E-state index is 13.1. The van der Waals surface area contributed by atoms with E-state index < -0.39 is 0 Å². The van der Waals surface area contributed by atoms with Gasteiger partial charge in [0.25, 0.3) is 0 Å². The predicted octanol–water partition coefficient (Wildman–Crippen LogP) is 4.16. The molecule has 0 aromatic heterocycles. The van der Waals surface area contributed by atoms with E-state index in [9.17, 15) is 4.39 Å². The number of hydrogen-bond acceptors (Lipinski definition) is 2. The van der Waals surface area contributed by atoms with E-state index in [1.54, 1.807) is 0 Å². The van der Waals surface area contributed by atoms with E-state index in [1.165, 1.54) is 18.2 Å². The van der Waals surface area contributed by atoms with Crippen molar-refractivity contribution in [2.45, 2.75) is 25.9 Å². The molecule has 1 rings (SSSR count). The fourth-order valence-corrected chi connectivity index (χ4v) is 2.59. The van der Waals surface area contributed by atoms with Crippen molar-refractivity contribution in [3.63, 3.8) is 0 Å². The lowest BCUT2D eigenvalue weighted by Crippen LogP contribution is -2.29. The van der Waals surface area contributed by atoms with Crippen molar-refractivity contribution in [1.82, 2.24) is 4.90 Å². The largest absolute Gasteiger partial charge is 0.299 e. The van der Waals surface area contributed by atoms with Gasteiger partial charge >= 0.3 is 0 Å². The van der Waals surface area contributed by atoms with E-state index in [0.29, 0.717) is 10.5 Å². The van der Waals surface area contributed by atoms with Crippen LogP contribution in [0, 0.1) is 5.82 Å². The van der Waals surface area contributed by atoms with Crippen LogP contribution in [-0.2, 0) is 6.54 Å². The number of nitrogens with zero attached hydrogens (tertiary/aromatic N) is 1. The van der Waals surface area contributed by atoms with Crippen LogP contribution in [0.5, 0.6) is 0 Å². The molecule has 1 unspecified atom stereocenters. The Hall–Kier alpha value is -0.0600. The van der Waals surface area contributed by atoms with Gasteiger partial charge in [-0.3, -0.25) is 4.90 Å². The van der Waals surface area contributed by atoms with Gasteiger partial charge in [0.2, 0.25) is 0 Å². The zero-order valence-electron chi connectivity index (χ0n) is 10.5. The summed E-state index contributed by atoms with van der Waals surface area (Å²) in [5.41, 5.74) is 1.14. The molecule has 17 heavy (non-hydrogen) atoms. The predicted molar refractivity (Wildman–Crippen MR) is 78.0 cm³/mol. The zero-order valence-corrected chi connectivity index (χ0v) is 12.9. The van der Waals surface area contributed by atoms with Gasteiger partial charge in [-0.05, 0) is 66.0 Å². The molecule has 0 fully saturated rings. The van der Waals surface area contributed by atoms with Gasteiger partial charge in [-0.25, -0.2) is 4.39 Å². The minimum atomic E-state index is -0.202. The lowest BCUT2D eigenvalue weighted by atomic mass is 10.1. The molecule has 1 aromatic rings. The summed E-state index contributed by atoms with van der Waals surface area (Å²) in [5, 5.41) is 0. The second-order valence-corrected chi connectivity index (χ2v) is 6.13. The minimum absolute atomic E-state index is 0.202. The van der Waals surface area contributed by atoms with E-state index in [2.05, 4.69) is 41.1 Å². The van der Waals surface area contributed by atoms with Gasteiger partial charge in [0.05, 0.1) is 4.47 Å². The summed E-state index contributed by atoms with van der Waals surface area (Å²) < 4.78 is 13.6. The first-order valence-electron chi connectivity index (χ1n) is 5.67. The molecule has 0 bridgehead atoms. The van der Waals surface area contributed by atoms with Gasteiger partial charge in [0.1, 0.15) is 5.82 Å². The fourth-order valence-electron chi connectivity index (χ4n) is 1.59. The minimum Gasteiger partial charge on any atom is -0.299 e. The summed E-state index contributed by atoms with van der Waals surface area (Å²) in [7, 11) is 2.11.